The highest BCUT2D eigenvalue weighted by Crippen LogP contribution is 1.99. The zero-order valence-corrected chi connectivity index (χ0v) is 9.32. The third-order valence-corrected chi connectivity index (χ3v) is 2.21. The molecule has 1 aromatic heterocycles. The zero-order chi connectivity index (χ0) is 10.9. The summed E-state index contributed by atoms with van der Waals surface area (Å²) < 4.78 is 1.91. The fourth-order valence-corrected chi connectivity index (χ4v) is 1.43. The third kappa shape index (κ3) is 4.94. The predicted octanol–water partition coefficient (Wildman–Crippen LogP) is 0.164. The second-order valence-electron chi connectivity index (χ2n) is 3.60. The van der Waals surface area contributed by atoms with E-state index in [0.717, 1.165) is 37.9 Å². The molecule has 0 unspecified atom stereocenters. The summed E-state index contributed by atoms with van der Waals surface area (Å²) in [6.07, 6.45) is 6.32. The van der Waals surface area contributed by atoms with Gasteiger partial charge >= 0.3 is 0 Å². The number of nitrogens with two attached hydrogens (primary N) is 1. The van der Waals surface area contributed by atoms with Crippen LogP contribution in [0.1, 0.15) is 25.0 Å². The second-order valence-corrected chi connectivity index (χ2v) is 3.60. The molecule has 5 nitrogen and oxygen atoms in total. The number of aromatic nitrogens is 3. The summed E-state index contributed by atoms with van der Waals surface area (Å²) in [5.41, 5.74) is 3.69. The molecule has 0 bridgehead atoms. The number of aryl methyl sites for hydroxylation is 1. The van der Waals surface area contributed by atoms with Crippen molar-refractivity contribution in [2.45, 2.75) is 39.0 Å². The van der Waals surface area contributed by atoms with Crippen molar-refractivity contribution in [1.82, 2.24) is 20.4 Å². The fourth-order valence-electron chi connectivity index (χ4n) is 1.43. The average molecular weight is 208 g/mol. The minimum atomic E-state index is 0.882. The second kappa shape index (κ2) is 7.42. The third-order valence-electron chi connectivity index (χ3n) is 2.21. The van der Waals surface area contributed by atoms with E-state index in [9.17, 15) is 0 Å². The van der Waals surface area contributed by atoms with Crippen molar-refractivity contribution in [2.75, 3.05) is 6.54 Å². The first kappa shape index (κ1) is 12.2. The monoisotopic (exact) mass is 208 g/mol. The first-order valence-corrected chi connectivity index (χ1v) is 5.47. The van der Waals surface area contributed by atoms with Gasteiger partial charge in [-0.2, -0.15) is 0 Å². The topological polar surface area (TPSA) is 68.8 Å². The summed E-state index contributed by atoms with van der Waals surface area (Å²) in [5.74, 6) is 5.18. The van der Waals surface area contributed by atoms with Gasteiger partial charge in [-0.25, -0.2) is 0 Å². The largest absolute Gasteiger partial charge is 0.271 e. The molecule has 0 fully saturated rings. The van der Waals surface area contributed by atoms with Gasteiger partial charge < -0.3 is 0 Å². The van der Waals surface area contributed by atoms with Crippen molar-refractivity contribution in [3.8, 4) is 0 Å². The lowest BCUT2D eigenvalue weighted by atomic mass is 9.77. The Morgan fingerprint density at radius 2 is 2.33 bits per heavy atom. The number of hydrogen-bond donors (Lipinski definition) is 2. The SMILES string of the molecule is C[B]Cc1cn(CCCCCNN)nn1. The van der Waals surface area contributed by atoms with E-state index in [1.807, 2.05) is 17.7 Å². The van der Waals surface area contributed by atoms with E-state index in [1.54, 1.807) is 0 Å². The van der Waals surface area contributed by atoms with Crippen LogP contribution in [0.4, 0.5) is 0 Å². The number of nitrogens with one attached hydrogen (secondary N) is 1. The van der Waals surface area contributed by atoms with E-state index in [0.29, 0.717) is 0 Å². The normalized spacial score (nSPS) is 10.5. The lowest BCUT2D eigenvalue weighted by molar-refractivity contribution is 0.521. The summed E-state index contributed by atoms with van der Waals surface area (Å²) in [7, 11) is 2.08. The standard InChI is InChI=1S/C9H19BN5/c1-10-7-9-8-15(14-13-9)6-4-2-3-5-12-11/h8,12H,2-7,11H2,1H3. The molecule has 0 amide bonds. The van der Waals surface area contributed by atoms with Crippen molar-refractivity contribution in [3.63, 3.8) is 0 Å². The van der Waals surface area contributed by atoms with Crippen molar-refractivity contribution in [3.05, 3.63) is 11.9 Å². The molecule has 1 radical (unpaired) electrons. The molecule has 0 spiro atoms. The maximum atomic E-state index is 5.18. The first-order valence-electron chi connectivity index (χ1n) is 5.47. The van der Waals surface area contributed by atoms with Crippen LogP contribution in [-0.2, 0) is 12.9 Å². The van der Waals surface area contributed by atoms with Gasteiger partial charge in [-0.15, -0.1) is 5.10 Å². The molecule has 1 aromatic rings. The van der Waals surface area contributed by atoms with Crippen LogP contribution in [0.15, 0.2) is 6.20 Å². The van der Waals surface area contributed by atoms with Gasteiger partial charge in [0.15, 0.2) is 0 Å². The predicted molar refractivity (Wildman–Crippen MR) is 61.4 cm³/mol. The maximum absolute atomic E-state index is 5.18. The number of nitrogens with zero attached hydrogens (tertiary/aromatic N) is 3. The smallest absolute Gasteiger partial charge is 0.113 e. The molecule has 15 heavy (non-hydrogen) atoms. The Morgan fingerprint density at radius 1 is 1.47 bits per heavy atom. The average Bonchev–Trinajstić information content (AvgIpc) is 2.66. The van der Waals surface area contributed by atoms with E-state index >= 15 is 0 Å². The Bertz CT molecular complexity index is 263. The van der Waals surface area contributed by atoms with E-state index in [2.05, 4.69) is 23.0 Å². The van der Waals surface area contributed by atoms with Crippen molar-refractivity contribution in [2.24, 2.45) is 5.84 Å². The molecule has 0 aliphatic heterocycles. The zero-order valence-electron chi connectivity index (χ0n) is 9.32. The van der Waals surface area contributed by atoms with E-state index in [4.69, 9.17) is 5.84 Å². The van der Waals surface area contributed by atoms with Gasteiger partial charge in [0, 0.05) is 19.3 Å². The highest BCUT2D eigenvalue weighted by Gasteiger charge is 1.99. The fraction of sp³-hybridized carbons (Fsp3) is 0.778. The minimum Gasteiger partial charge on any atom is -0.271 e. The summed E-state index contributed by atoms with van der Waals surface area (Å²) >= 11 is 0. The maximum Gasteiger partial charge on any atom is 0.113 e. The van der Waals surface area contributed by atoms with Crippen LogP contribution in [0.5, 0.6) is 0 Å². The van der Waals surface area contributed by atoms with Gasteiger partial charge in [0.25, 0.3) is 0 Å². The summed E-state index contributed by atoms with van der Waals surface area (Å²) in [6, 6.07) is 0. The van der Waals surface area contributed by atoms with Crippen LogP contribution in [-0.4, -0.2) is 28.8 Å². The minimum absolute atomic E-state index is 0.882. The molecular weight excluding hydrogens is 189 g/mol. The van der Waals surface area contributed by atoms with E-state index in [1.165, 1.54) is 6.42 Å². The molecular formula is C9H19BN5. The van der Waals surface area contributed by atoms with Gasteiger partial charge in [0.05, 0.1) is 5.69 Å². The van der Waals surface area contributed by atoms with Crippen LogP contribution in [0, 0.1) is 0 Å². The molecule has 0 aliphatic carbocycles. The van der Waals surface area contributed by atoms with Gasteiger partial charge in [-0.3, -0.25) is 16.0 Å². The molecule has 3 N–H and O–H groups in total. The molecule has 1 heterocycles. The molecule has 1 rings (SSSR count). The molecule has 0 aromatic carbocycles. The summed E-state index contributed by atoms with van der Waals surface area (Å²) in [4.78, 5) is 0. The molecule has 0 saturated heterocycles. The van der Waals surface area contributed by atoms with Gasteiger partial charge in [0.2, 0.25) is 0 Å². The van der Waals surface area contributed by atoms with Crippen molar-refractivity contribution >= 4 is 7.28 Å². The number of hydrazine groups is 1. The summed E-state index contributed by atoms with van der Waals surface area (Å²) in [6.45, 7) is 3.85. The lowest BCUT2D eigenvalue weighted by Gasteiger charge is -2.00. The van der Waals surface area contributed by atoms with Crippen LogP contribution < -0.4 is 11.3 Å². The van der Waals surface area contributed by atoms with Crippen molar-refractivity contribution in [1.29, 1.82) is 0 Å². The van der Waals surface area contributed by atoms with Crippen LogP contribution in [0.3, 0.4) is 0 Å². The number of unbranched alkanes of at least 4 members (excludes halogenated alkanes) is 2. The van der Waals surface area contributed by atoms with Crippen LogP contribution in [0.25, 0.3) is 0 Å². The Balaban J connectivity index is 2.14. The molecule has 0 aliphatic rings. The highest BCUT2D eigenvalue weighted by molar-refractivity contribution is 6.32. The Kier molecular flexibility index (Phi) is 6.03. The first-order chi connectivity index (χ1) is 7.36. The number of hydrogen-bond acceptors (Lipinski definition) is 4. The van der Waals surface area contributed by atoms with E-state index in [-0.39, 0.29) is 0 Å². The van der Waals surface area contributed by atoms with Gasteiger partial charge in [0.1, 0.15) is 7.28 Å². The van der Waals surface area contributed by atoms with E-state index < -0.39 is 0 Å². The summed E-state index contributed by atoms with van der Waals surface area (Å²) in [5, 5.41) is 8.13. The van der Waals surface area contributed by atoms with Crippen LogP contribution >= 0.6 is 0 Å². The molecule has 6 heteroatoms. The molecule has 0 saturated carbocycles. The quantitative estimate of drug-likeness (QED) is 0.276. The molecule has 83 valence electrons. The van der Waals surface area contributed by atoms with Gasteiger partial charge in [-0.1, -0.05) is 18.5 Å². The Labute approximate surface area is 91.6 Å². The van der Waals surface area contributed by atoms with Crippen LogP contribution in [0.2, 0.25) is 6.82 Å². The highest BCUT2D eigenvalue weighted by atomic mass is 15.4. The van der Waals surface area contributed by atoms with Crippen molar-refractivity contribution < 1.29 is 0 Å². The lowest BCUT2D eigenvalue weighted by Crippen LogP contribution is -2.22. The number of rotatable bonds is 8. The Morgan fingerprint density at radius 3 is 3.07 bits per heavy atom. The Hall–Kier alpha value is -0.875. The molecule has 0 atom stereocenters. The van der Waals surface area contributed by atoms with Gasteiger partial charge in [-0.05, 0) is 19.2 Å².